The Morgan fingerprint density at radius 2 is 1.00 bits per heavy atom. The van der Waals surface area contributed by atoms with Crippen LogP contribution in [0.4, 0.5) is 17.1 Å². The van der Waals surface area contributed by atoms with Crippen LogP contribution in [0.3, 0.4) is 0 Å². The van der Waals surface area contributed by atoms with Gasteiger partial charge in [-0.2, -0.15) is 0 Å². The van der Waals surface area contributed by atoms with Crippen LogP contribution in [-0.4, -0.2) is 17.8 Å². The maximum absolute atomic E-state index is 6.31. The second-order valence-electron chi connectivity index (χ2n) is 13.7. The van der Waals surface area contributed by atoms with Crippen LogP contribution < -0.4 is 14.4 Å². The van der Waals surface area contributed by atoms with Gasteiger partial charge in [0.1, 0.15) is 11.5 Å². The average molecular weight is 667 g/mol. The Bertz CT molecular complexity index is 1810. The van der Waals surface area contributed by atoms with Crippen molar-refractivity contribution in [1.29, 1.82) is 0 Å². The van der Waals surface area contributed by atoms with Gasteiger partial charge in [0.15, 0.2) is 0 Å². The van der Waals surface area contributed by atoms with Crippen LogP contribution in [0.25, 0.3) is 27.5 Å². The highest BCUT2D eigenvalue weighted by atomic mass is 16.5. The number of rotatable bonds is 18. The lowest BCUT2D eigenvalue weighted by molar-refractivity contribution is 0.233. The fraction of sp³-hybridized carbons (Fsp3) is 0.348. The smallest absolute Gasteiger partial charge is 0.119 e. The predicted molar refractivity (Wildman–Crippen MR) is 213 cm³/mol. The van der Waals surface area contributed by atoms with Crippen molar-refractivity contribution in [2.75, 3.05) is 18.1 Å². The number of hydrogen-bond acceptors (Lipinski definition) is 3. The summed E-state index contributed by atoms with van der Waals surface area (Å²) >= 11 is 0. The van der Waals surface area contributed by atoms with Crippen LogP contribution in [0.5, 0.6) is 11.5 Å². The molecule has 0 spiro atoms. The number of benzene rings is 5. The van der Waals surface area contributed by atoms with Crippen molar-refractivity contribution >= 4 is 38.9 Å². The first-order chi connectivity index (χ1) is 24.6. The van der Waals surface area contributed by atoms with Crippen LogP contribution >= 0.6 is 0 Å². The van der Waals surface area contributed by atoms with Gasteiger partial charge in [-0.05, 0) is 104 Å². The molecule has 0 N–H and O–H groups in total. The van der Waals surface area contributed by atoms with Gasteiger partial charge in [-0.15, -0.1) is 0 Å². The topological polar surface area (TPSA) is 26.6 Å². The maximum Gasteiger partial charge on any atom is 0.119 e. The van der Waals surface area contributed by atoms with Gasteiger partial charge in [-0.25, -0.2) is 0 Å². The molecule has 260 valence electrons. The number of ether oxygens (including phenoxy) is 2. The van der Waals surface area contributed by atoms with Crippen LogP contribution in [0.1, 0.15) is 79.1 Å². The molecule has 4 heteroatoms. The lowest BCUT2D eigenvalue weighted by Crippen LogP contribution is -2.13. The van der Waals surface area contributed by atoms with E-state index in [0.717, 1.165) is 60.3 Å². The van der Waals surface area contributed by atoms with Crippen molar-refractivity contribution in [3.8, 4) is 17.2 Å². The third-order valence-electron chi connectivity index (χ3n) is 10.2. The number of aromatic nitrogens is 1. The number of unbranched alkanes of at least 4 members (excludes halogenated alkanes) is 2. The van der Waals surface area contributed by atoms with E-state index in [9.17, 15) is 0 Å². The number of nitrogens with zero attached hydrogens (tertiary/aromatic N) is 2. The lowest BCUT2D eigenvalue weighted by Gasteiger charge is -2.27. The van der Waals surface area contributed by atoms with Gasteiger partial charge in [-0.1, -0.05) is 109 Å². The molecule has 0 fully saturated rings. The van der Waals surface area contributed by atoms with E-state index in [1.807, 2.05) is 0 Å². The second-order valence-corrected chi connectivity index (χ2v) is 13.7. The molecule has 0 aliphatic rings. The van der Waals surface area contributed by atoms with E-state index < -0.39 is 0 Å². The first kappa shape index (κ1) is 35.1. The molecule has 0 bridgehead atoms. The third-order valence-corrected chi connectivity index (χ3v) is 10.2. The van der Waals surface area contributed by atoms with Crippen molar-refractivity contribution in [2.24, 2.45) is 11.8 Å². The summed E-state index contributed by atoms with van der Waals surface area (Å²) in [4.78, 5) is 2.33. The molecule has 1 heterocycles. The van der Waals surface area contributed by atoms with Crippen molar-refractivity contribution in [1.82, 2.24) is 4.57 Å². The van der Waals surface area contributed by atoms with Gasteiger partial charge < -0.3 is 18.9 Å². The number of fused-ring (bicyclic) bond motifs is 3. The van der Waals surface area contributed by atoms with Gasteiger partial charge >= 0.3 is 0 Å². The standard InChI is InChI=1S/C46H54N2O2/c1-5-9-16-35(7-3)33-49-41-28-24-37(25-29-41)47(38-26-30-42(31-27-38)50-34-36(8-4)17-10-6-2)39-18-15-19-40(32-39)48-45-22-13-11-20-43(45)44-21-12-14-23-46(44)48/h11-15,18-32,35-36H,5-10,16-17,33-34H2,1-4H3. The predicted octanol–water partition coefficient (Wildman–Crippen LogP) is 13.4. The summed E-state index contributed by atoms with van der Waals surface area (Å²) in [6.45, 7) is 10.6. The summed E-state index contributed by atoms with van der Waals surface area (Å²) in [6, 6.07) is 43.4. The quantitative estimate of drug-likeness (QED) is 0.0913. The van der Waals surface area contributed by atoms with Crippen LogP contribution in [0, 0.1) is 11.8 Å². The first-order valence-electron chi connectivity index (χ1n) is 19.0. The minimum Gasteiger partial charge on any atom is -0.493 e. The Labute approximate surface area is 299 Å². The summed E-state index contributed by atoms with van der Waals surface area (Å²) in [6.07, 6.45) is 9.69. The van der Waals surface area contributed by atoms with E-state index in [-0.39, 0.29) is 0 Å². The number of hydrogen-bond donors (Lipinski definition) is 0. The SMILES string of the molecule is CCCCC(CC)COc1ccc(N(c2ccc(OCC(CC)CCCC)cc2)c2cccc(-n3c4ccccc4c4ccccc43)c2)cc1. The third kappa shape index (κ3) is 8.18. The molecule has 4 nitrogen and oxygen atoms in total. The molecular formula is C46H54N2O2. The van der Waals surface area contributed by atoms with Crippen molar-refractivity contribution in [2.45, 2.75) is 79.1 Å². The highest BCUT2D eigenvalue weighted by molar-refractivity contribution is 6.09. The van der Waals surface area contributed by atoms with E-state index in [1.54, 1.807) is 0 Å². The molecule has 1 aromatic heterocycles. The highest BCUT2D eigenvalue weighted by Gasteiger charge is 2.17. The molecule has 2 unspecified atom stereocenters. The van der Waals surface area contributed by atoms with Crippen LogP contribution in [-0.2, 0) is 0 Å². The molecule has 0 radical (unpaired) electrons. The molecule has 2 atom stereocenters. The van der Waals surface area contributed by atoms with E-state index in [2.05, 4.69) is 158 Å². The zero-order chi connectivity index (χ0) is 34.7. The van der Waals surface area contributed by atoms with Gasteiger partial charge in [0, 0.05) is 33.5 Å². The fourth-order valence-electron chi connectivity index (χ4n) is 7.03. The normalized spacial score (nSPS) is 12.6. The van der Waals surface area contributed by atoms with Crippen LogP contribution in [0.2, 0.25) is 0 Å². The van der Waals surface area contributed by atoms with E-state index in [1.165, 1.54) is 60.3 Å². The molecule has 0 saturated carbocycles. The largest absolute Gasteiger partial charge is 0.493 e. The van der Waals surface area contributed by atoms with Gasteiger partial charge in [-0.3, -0.25) is 0 Å². The minimum atomic E-state index is 0.592. The molecule has 0 saturated heterocycles. The van der Waals surface area contributed by atoms with E-state index >= 15 is 0 Å². The maximum atomic E-state index is 6.31. The molecule has 5 aromatic carbocycles. The fourth-order valence-corrected chi connectivity index (χ4v) is 7.03. The van der Waals surface area contributed by atoms with Crippen molar-refractivity contribution in [3.63, 3.8) is 0 Å². The van der Waals surface area contributed by atoms with Crippen molar-refractivity contribution < 1.29 is 9.47 Å². The Hall–Kier alpha value is -4.70. The van der Waals surface area contributed by atoms with Gasteiger partial charge in [0.05, 0.1) is 24.2 Å². The van der Waals surface area contributed by atoms with Crippen LogP contribution in [0.15, 0.2) is 121 Å². The molecular weight excluding hydrogens is 613 g/mol. The summed E-state index contributed by atoms with van der Waals surface area (Å²) in [7, 11) is 0. The first-order valence-corrected chi connectivity index (χ1v) is 19.0. The summed E-state index contributed by atoms with van der Waals surface area (Å²) in [5, 5.41) is 2.52. The average Bonchev–Trinajstić information content (AvgIpc) is 3.51. The second kappa shape index (κ2) is 17.3. The highest BCUT2D eigenvalue weighted by Crippen LogP contribution is 2.39. The summed E-state index contributed by atoms with van der Waals surface area (Å²) < 4.78 is 15.0. The Morgan fingerprint density at radius 3 is 1.46 bits per heavy atom. The Balaban J connectivity index is 1.33. The number of anilines is 3. The zero-order valence-electron chi connectivity index (χ0n) is 30.5. The monoisotopic (exact) mass is 666 g/mol. The Morgan fingerprint density at radius 1 is 0.520 bits per heavy atom. The summed E-state index contributed by atoms with van der Waals surface area (Å²) in [5.41, 5.74) is 6.77. The van der Waals surface area contributed by atoms with Gasteiger partial charge in [0.25, 0.3) is 0 Å². The summed E-state index contributed by atoms with van der Waals surface area (Å²) in [5.74, 6) is 3.02. The Kier molecular flexibility index (Phi) is 12.2. The van der Waals surface area contributed by atoms with Crippen molar-refractivity contribution in [3.05, 3.63) is 121 Å². The zero-order valence-corrected chi connectivity index (χ0v) is 30.5. The molecule has 6 rings (SSSR count). The minimum absolute atomic E-state index is 0.592. The molecule has 0 amide bonds. The molecule has 0 aliphatic heterocycles. The van der Waals surface area contributed by atoms with E-state index in [0.29, 0.717) is 11.8 Å². The van der Waals surface area contributed by atoms with E-state index in [4.69, 9.17) is 9.47 Å². The molecule has 50 heavy (non-hydrogen) atoms. The molecule has 0 aliphatic carbocycles. The number of para-hydroxylation sites is 2. The lowest BCUT2D eigenvalue weighted by atomic mass is 10.0. The molecule has 6 aromatic rings. The van der Waals surface area contributed by atoms with Gasteiger partial charge in [0.2, 0.25) is 0 Å².